The van der Waals surface area contributed by atoms with E-state index < -0.39 is 35.9 Å². The van der Waals surface area contributed by atoms with Crippen molar-refractivity contribution in [2.24, 2.45) is 5.11 Å². The van der Waals surface area contributed by atoms with E-state index in [1.807, 2.05) is 60.7 Å². The predicted octanol–water partition coefficient (Wildman–Crippen LogP) is 2.79. The highest BCUT2D eigenvalue weighted by Gasteiger charge is 2.54. The second-order valence-corrected chi connectivity index (χ2v) is 6.97. The van der Waals surface area contributed by atoms with Gasteiger partial charge in [-0.2, -0.15) is 0 Å². The Kier molecular flexibility index (Phi) is 6.38. The van der Waals surface area contributed by atoms with Crippen LogP contribution >= 0.6 is 12.6 Å². The number of hydrogen-bond donors (Lipinski definition) is 3. The molecule has 2 aromatic carbocycles. The summed E-state index contributed by atoms with van der Waals surface area (Å²) >= 11 is 4.73. The summed E-state index contributed by atoms with van der Waals surface area (Å²) in [6.45, 7) is -0.225. The van der Waals surface area contributed by atoms with Crippen LogP contribution in [-0.2, 0) is 21.0 Å². The molecule has 7 nitrogen and oxygen atoms in total. The standard InChI is InChI=1S/C19H21N3O4S/c20-22-21-16-17(24)15(11-23)26-19(27,14-9-5-2-6-10-14)18(16)25-12-13-7-3-1-4-8-13/h1-10,15-18,23-24,27H,11-12H2/t15-,16+,17-,18-,19-/m1/s1. The molecule has 0 saturated carbocycles. The molecule has 1 aliphatic rings. The third-order valence-corrected chi connectivity index (χ3v) is 5.20. The third-order valence-electron chi connectivity index (χ3n) is 4.58. The Hall–Kier alpha value is -2.06. The second kappa shape index (κ2) is 8.75. The van der Waals surface area contributed by atoms with Crippen molar-refractivity contribution < 1.29 is 19.7 Å². The average Bonchev–Trinajstić information content (AvgIpc) is 2.71. The third kappa shape index (κ3) is 4.11. The molecule has 0 unspecified atom stereocenters. The second-order valence-electron chi connectivity index (χ2n) is 6.30. The molecule has 0 aliphatic carbocycles. The summed E-state index contributed by atoms with van der Waals surface area (Å²) in [7, 11) is 0. The Morgan fingerprint density at radius 3 is 2.37 bits per heavy atom. The lowest BCUT2D eigenvalue weighted by Gasteiger charge is -2.48. The van der Waals surface area contributed by atoms with Crippen LogP contribution in [-0.4, -0.2) is 41.2 Å². The average molecular weight is 387 g/mol. The first-order valence-electron chi connectivity index (χ1n) is 8.54. The van der Waals surface area contributed by atoms with Gasteiger partial charge in [0.25, 0.3) is 0 Å². The van der Waals surface area contributed by atoms with Gasteiger partial charge in [0, 0.05) is 4.91 Å². The van der Waals surface area contributed by atoms with Crippen molar-refractivity contribution in [3.8, 4) is 0 Å². The first-order valence-corrected chi connectivity index (χ1v) is 8.99. The van der Waals surface area contributed by atoms with Gasteiger partial charge in [0.2, 0.25) is 0 Å². The van der Waals surface area contributed by atoms with E-state index >= 15 is 0 Å². The van der Waals surface area contributed by atoms with E-state index in [1.165, 1.54) is 0 Å². The molecular weight excluding hydrogens is 366 g/mol. The molecule has 142 valence electrons. The Morgan fingerprint density at radius 2 is 1.78 bits per heavy atom. The van der Waals surface area contributed by atoms with Gasteiger partial charge in [-0.3, -0.25) is 0 Å². The molecule has 8 heteroatoms. The summed E-state index contributed by atoms with van der Waals surface area (Å²) in [5.41, 5.74) is 10.6. The van der Waals surface area contributed by atoms with Crippen LogP contribution < -0.4 is 0 Å². The number of azide groups is 1. The molecule has 3 rings (SSSR count). The van der Waals surface area contributed by atoms with E-state index in [9.17, 15) is 10.2 Å². The number of aliphatic hydroxyl groups is 2. The van der Waals surface area contributed by atoms with Gasteiger partial charge in [-0.05, 0) is 16.7 Å². The zero-order valence-corrected chi connectivity index (χ0v) is 15.4. The lowest BCUT2D eigenvalue weighted by Crippen LogP contribution is -2.61. The van der Waals surface area contributed by atoms with Gasteiger partial charge in [0.15, 0.2) is 4.93 Å². The number of aliphatic hydroxyl groups excluding tert-OH is 2. The molecule has 0 bridgehead atoms. The van der Waals surface area contributed by atoms with Crippen molar-refractivity contribution in [3.05, 3.63) is 82.2 Å². The molecule has 1 fully saturated rings. The fourth-order valence-corrected chi connectivity index (χ4v) is 3.72. The minimum Gasteiger partial charge on any atom is -0.394 e. The Bertz CT molecular complexity index is 788. The van der Waals surface area contributed by atoms with Gasteiger partial charge in [0.1, 0.15) is 12.2 Å². The molecule has 27 heavy (non-hydrogen) atoms. The number of nitrogens with zero attached hydrogens (tertiary/aromatic N) is 3. The van der Waals surface area contributed by atoms with E-state index in [1.54, 1.807) is 0 Å². The predicted molar refractivity (Wildman–Crippen MR) is 103 cm³/mol. The van der Waals surface area contributed by atoms with Gasteiger partial charge in [-0.15, -0.1) is 12.6 Å². The van der Waals surface area contributed by atoms with Crippen LogP contribution in [0.1, 0.15) is 11.1 Å². The fourth-order valence-electron chi connectivity index (χ4n) is 3.21. The zero-order valence-electron chi connectivity index (χ0n) is 14.5. The zero-order chi connectivity index (χ0) is 19.3. The van der Waals surface area contributed by atoms with Gasteiger partial charge < -0.3 is 19.7 Å². The molecule has 1 saturated heterocycles. The van der Waals surface area contributed by atoms with Crippen LogP contribution in [0.5, 0.6) is 0 Å². The monoisotopic (exact) mass is 387 g/mol. The minimum absolute atomic E-state index is 0.220. The van der Waals surface area contributed by atoms with E-state index in [2.05, 4.69) is 10.0 Å². The van der Waals surface area contributed by atoms with Gasteiger partial charge in [-0.1, -0.05) is 65.8 Å². The molecule has 1 heterocycles. The maximum atomic E-state index is 10.5. The number of thiol groups is 1. The number of ether oxygens (including phenoxy) is 2. The number of benzene rings is 2. The van der Waals surface area contributed by atoms with Crippen molar-refractivity contribution in [1.29, 1.82) is 0 Å². The van der Waals surface area contributed by atoms with Crippen LogP contribution in [0.15, 0.2) is 65.8 Å². The lowest BCUT2D eigenvalue weighted by molar-refractivity contribution is -0.222. The fraction of sp³-hybridized carbons (Fsp3) is 0.368. The molecule has 0 amide bonds. The Balaban J connectivity index is 1.99. The van der Waals surface area contributed by atoms with Crippen LogP contribution in [0.3, 0.4) is 0 Å². The van der Waals surface area contributed by atoms with Crippen molar-refractivity contribution in [2.75, 3.05) is 6.61 Å². The van der Waals surface area contributed by atoms with Crippen molar-refractivity contribution >= 4 is 12.6 Å². The molecule has 0 radical (unpaired) electrons. The van der Waals surface area contributed by atoms with E-state index in [0.29, 0.717) is 5.56 Å². The molecular formula is C19H21N3O4S. The highest BCUT2D eigenvalue weighted by Crippen LogP contribution is 2.44. The van der Waals surface area contributed by atoms with Gasteiger partial charge in [0.05, 0.1) is 25.4 Å². The first-order chi connectivity index (χ1) is 13.1. The summed E-state index contributed by atoms with van der Waals surface area (Å²) in [4.78, 5) is 1.54. The van der Waals surface area contributed by atoms with Crippen molar-refractivity contribution in [1.82, 2.24) is 0 Å². The van der Waals surface area contributed by atoms with Crippen molar-refractivity contribution in [2.45, 2.75) is 35.9 Å². The topological polar surface area (TPSA) is 108 Å². The number of rotatable bonds is 6. The van der Waals surface area contributed by atoms with E-state index in [0.717, 1.165) is 5.56 Å². The van der Waals surface area contributed by atoms with Gasteiger partial charge >= 0.3 is 0 Å². The quantitative estimate of drug-likeness (QED) is 0.306. The minimum atomic E-state index is -1.32. The first kappa shape index (κ1) is 19.7. The molecule has 2 N–H and O–H groups in total. The van der Waals surface area contributed by atoms with Crippen LogP contribution in [0.4, 0.5) is 0 Å². The summed E-state index contributed by atoms with van der Waals surface area (Å²) in [6, 6.07) is 17.6. The highest BCUT2D eigenvalue weighted by molar-refractivity contribution is 7.81. The van der Waals surface area contributed by atoms with E-state index in [-0.39, 0.29) is 6.61 Å². The molecule has 0 aromatic heterocycles. The molecule has 0 spiro atoms. The maximum absolute atomic E-state index is 10.5. The summed E-state index contributed by atoms with van der Waals surface area (Å²) in [5.74, 6) is 0. The Labute approximate surface area is 162 Å². The number of hydrogen-bond acceptors (Lipinski definition) is 6. The largest absolute Gasteiger partial charge is 0.394 e. The SMILES string of the molecule is [N-]=[N+]=N[C@H]1[C@H](O)[C@@H](CO)O[C@@](S)(c2ccccc2)[C@@H]1OCc1ccccc1. The van der Waals surface area contributed by atoms with Crippen molar-refractivity contribution in [3.63, 3.8) is 0 Å². The lowest BCUT2D eigenvalue weighted by atomic mass is 9.88. The molecule has 2 aromatic rings. The van der Waals surface area contributed by atoms with Gasteiger partial charge in [-0.25, -0.2) is 0 Å². The van der Waals surface area contributed by atoms with E-state index in [4.69, 9.17) is 27.6 Å². The summed E-state index contributed by atoms with van der Waals surface area (Å²) in [5, 5.41) is 23.9. The maximum Gasteiger partial charge on any atom is 0.163 e. The highest BCUT2D eigenvalue weighted by atomic mass is 32.1. The Morgan fingerprint density at radius 1 is 1.15 bits per heavy atom. The van der Waals surface area contributed by atoms with Crippen LogP contribution in [0, 0.1) is 0 Å². The summed E-state index contributed by atoms with van der Waals surface area (Å²) < 4.78 is 12.0. The van der Waals surface area contributed by atoms with Crippen LogP contribution in [0.25, 0.3) is 10.4 Å². The normalized spacial score (nSPS) is 30.5. The molecule has 5 atom stereocenters. The van der Waals surface area contributed by atoms with Crippen LogP contribution in [0.2, 0.25) is 0 Å². The smallest absolute Gasteiger partial charge is 0.163 e. The summed E-state index contributed by atoms with van der Waals surface area (Å²) in [6.07, 6.45) is -3.07. The molecule has 1 aliphatic heterocycles.